The lowest BCUT2D eigenvalue weighted by Gasteiger charge is -2.16. The molecule has 2 atom stereocenters. The molecule has 0 aromatic rings. The van der Waals surface area contributed by atoms with Gasteiger partial charge in [-0.15, -0.1) is 6.58 Å². The summed E-state index contributed by atoms with van der Waals surface area (Å²) in [4.78, 5) is 0. The first kappa shape index (κ1) is 14.5. The highest BCUT2D eigenvalue weighted by Gasteiger charge is 2.46. The van der Waals surface area contributed by atoms with Crippen LogP contribution in [0.2, 0.25) is 0 Å². The molecule has 0 amide bonds. The zero-order valence-electron chi connectivity index (χ0n) is 11.6. The first-order valence-corrected chi connectivity index (χ1v) is 6.46. The summed E-state index contributed by atoms with van der Waals surface area (Å²) < 4.78 is 5.55. The summed E-state index contributed by atoms with van der Waals surface area (Å²) in [6, 6.07) is 0. The largest absolute Gasteiger partial charge is 0.386 e. The van der Waals surface area contributed by atoms with E-state index in [1.54, 1.807) is 13.0 Å². The second-order valence-corrected chi connectivity index (χ2v) is 5.90. The van der Waals surface area contributed by atoms with Gasteiger partial charge in [0.25, 0.3) is 0 Å². The Labute approximate surface area is 105 Å². The number of aliphatic hydroxyl groups is 1. The maximum atomic E-state index is 9.77. The molecule has 1 N–H and O–H groups in total. The highest BCUT2D eigenvalue weighted by atomic mass is 16.6. The van der Waals surface area contributed by atoms with Crippen LogP contribution < -0.4 is 0 Å². The number of ether oxygens (including phenoxy) is 1. The van der Waals surface area contributed by atoms with E-state index in [4.69, 9.17) is 4.74 Å². The van der Waals surface area contributed by atoms with Crippen molar-refractivity contribution in [1.29, 1.82) is 0 Å². The van der Waals surface area contributed by atoms with Gasteiger partial charge in [0.05, 0.1) is 17.3 Å². The molecule has 1 aliphatic rings. The molecule has 1 aliphatic heterocycles. The molecule has 1 saturated heterocycles. The molecular weight excluding hydrogens is 212 g/mol. The minimum Gasteiger partial charge on any atom is -0.386 e. The van der Waals surface area contributed by atoms with Gasteiger partial charge in [0.2, 0.25) is 0 Å². The molecule has 0 aromatic heterocycles. The van der Waals surface area contributed by atoms with Crippen LogP contribution in [0, 0.1) is 0 Å². The predicted molar refractivity (Wildman–Crippen MR) is 72.0 cm³/mol. The quantitative estimate of drug-likeness (QED) is 0.543. The monoisotopic (exact) mass is 238 g/mol. The van der Waals surface area contributed by atoms with Gasteiger partial charge in [-0.2, -0.15) is 0 Å². The van der Waals surface area contributed by atoms with Crippen LogP contribution in [-0.4, -0.2) is 22.4 Å². The Morgan fingerprint density at radius 1 is 1.53 bits per heavy atom. The van der Waals surface area contributed by atoms with Crippen molar-refractivity contribution in [3.8, 4) is 0 Å². The summed E-state index contributed by atoms with van der Waals surface area (Å²) >= 11 is 0. The van der Waals surface area contributed by atoms with Gasteiger partial charge in [0.1, 0.15) is 0 Å². The van der Waals surface area contributed by atoms with Crippen molar-refractivity contribution in [3.05, 3.63) is 24.3 Å². The molecule has 0 bridgehead atoms. The van der Waals surface area contributed by atoms with Crippen LogP contribution in [0.1, 0.15) is 53.4 Å². The molecule has 0 saturated carbocycles. The van der Waals surface area contributed by atoms with Gasteiger partial charge < -0.3 is 9.84 Å². The van der Waals surface area contributed by atoms with Crippen molar-refractivity contribution in [2.45, 2.75) is 70.7 Å². The number of allylic oxidation sites excluding steroid dienone is 2. The second kappa shape index (κ2) is 5.36. The van der Waals surface area contributed by atoms with Crippen molar-refractivity contribution >= 4 is 0 Å². The molecule has 17 heavy (non-hydrogen) atoms. The first-order valence-electron chi connectivity index (χ1n) is 6.46. The third kappa shape index (κ3) is 5.05. The SMILES string of the molecule is C=CC(C)(O)CCC=C(C)CCC1OC1(C)C. The average Bonchev–Trinajstić information content (AvgIpc) is 2.83. The van der Waals surface area contributed by atoms with Crippen LogP contribution >= 0.6 is 0 Å². The summed E-state index contributed by atoms with van der Waals surface area (Å²) in [5.41, 5.74) is 0.752. The lowest BCUT2D eigenvalue weighted by molar-refractivity contribution is 0.103. The standard InChI is InChI=1S/C15H26O2/c1-6-15(5,16)11-7-8-12(2)9-10-13-14(3,4)17-13/h6,8,13,16H,1,7,9-11H2,2-5H3. The third-order valence-electron chi connectivity index (χ3n) is 3.55. The van der Waals surface area contributed by atoms with E-state index in [9.17, 15) is 5.11 Å². The predicted octanol–water partition coefficient (Wildman–Crippen LogP) is 3.61. The fourth-order valence-corrected chi connectivity index (χ4v) is 1.91. The van der Waals surface area contributed by atoms with Crippen LogP contribution in [0.25, 0.3) is 0 Å². The Hall–Kier alpha value is -0.600. The molecule has 0 radical (unpaired) electrons. The fraction of sp³-hybridized carbons (Fsp3) is 0.733. The molecule has 2 nitrogen and oxygen atoms in total. The molecule has 0 aliphatic carbocycles. The van der Waals surface area contributed by atoms with Gasteiger partial charge in [-0.25, -0.2) is 0 Å². The Morgan fingerprint density at radius 3 is 2.59 bits per heavy atom. The van der Waals surface area contributed by atoms with E-state index in [2.05, 4.69) is 33.4 Å². The molecule has 1 fully saturated rings. The minimum absolute atomic E-state index is 0.104. The van der Waals surface area contributed by atoms with Crippen molar-refractivity contribution in [2.24, 2.45) is 0 Å². The van der Waals surface area contributed by atoms with E-state index in [0.29, 0.717) is 6.10 Å². The van der Waals surface area contributed by atoms with Crippen LogP contribution in [0.15, 0.2) is 24.3 Å². The summed E-state index contributed by atoms with van der Waals surface area (Å²) in [5, 5.41) is 9.77. The van der Waals surface area contributed by atoms with Gasteiger partial charge in [0.15, 0.2) is 0 Å². The topological polar surface area (TPSA) is 32.8 Å². The van der Waals surface area contributed by atoms with Crippen LogP contribution in [0.5, 0.6) is 0 Å². The van der Waals surface area contributed by atoms with E-state index < -0.39 is 5.60 Å². The summed E-state index contributed by atoms with van der Waals surface area (Å²) in [6.45, 7) is 11.8. The third-order valence-corrected chi connectivity index (χ3v) is 3.55. The molecule has 98 valence electrons. The van der Waals surface area contributed by atoms with E-state index in [-0.39, 0.29) is 5.60 Å². The summed E-state index contributed by atoms with van der Waals surface area (Å²) in [7, 11) is 0. The van der Waals surface area contributed by atoms with E-state index in [1.165, 1.54) is 5.57 Å². The lowest BCUT2D eigenvalue weighted by Crippen LogP contribution is -2.19. The minimum atomic E-state index is -0.738. The second-order valence-electron chi connectivity index (χ2n) is 5.90. The van der Waals surface area contributed by atoms with Gasteiger partial charge in [-0.3, -0.25) is 0 Å². The van der Waals surface area contributed by atoms with Crippen molar-refractivity contribution < 1.29 is 9.84 Å². The van der Waals surface area contributed by atoms with E-state index >= 15 is 0 Å². The smallest absolute Gasteiger partial charge is 0.0892 e. The van der Waals surface area contributed by atoms with Crippen molar-refractivity contribution in [3.63, 3.8) is 0 Å². The van der Waals surface area contributed by atoms with Gasteiger partial charge in [0, 0.05) is 0 Å². The molecule has 0 aromatic carbocycles. The van der Waals surface area contributed by atoms with E-state index in [0.717, 1.165) is 25.7 Å². The summed E-state index contributed by atoms with van der Waals surface area (Å²) in [5.74, 6) is 0. The fourth-order valence-electron chi connectivity index (χ4n) is 1.91. The number of hydrogen-bond acceptors (Lipinski definition) is 2. The van der Waals surface area contributed by atoms with Gasteiger partial charge in [-0.1, -0.05) is 17.7 Å². The highest BCUT2D eigenvalue weighted by molar-refractivity contribution is 5.03. The molecular formula is C15H26O2. The zero-order valence-corrected chi connectivity index (χ0v) is 11.6. The zero-order chi connectivity index (χ0) is 13.1. The summed E-state index contributed by atoms with van der Waals surface area (Å²) in [6.07, 6.45) is 8.09. The normalized spacial score (nSPS) is 26.4. The maximum Gasteiger partial charge on any atom is 0.0892 e. The van der Waals surface area contributed by atoms with Crippen LogP contribution in [0.3, 0.4) is 0 Å². The maximum absolute atomic E-state index is 9.77. The van der Waals surface area contributed by atoms with Crippen LogP contribution in [0.4, 0.5) is 0 Å². The molecule has 1 rings (SSSR count). The Balaban J connectivity index is 2.19. The number of rotatable bonds is 7. The van der Waals surface area contributed by atoms with E-state index in [1.807, 2.05) is 0 Å². The molecule has 0 spiro atoms. The van der Waals surface area contributed by atoms with Crippen molar-refractivity contribution in [2.75, 3.05) is 0 Å². The first-order chi connectivity index (χ1) is 7.77. The van der Waals surface area contributed by atoms with Crippen molar-refractivity contribution in [1.82, 2.24) is 0 Å². The van der Waals surface area contributed by atoms with Crippen LogP contribution in [-0.2, 0) is 4.74 Å². The lowest BCUT2D eigenvalue weighted by atomic mass is 9.98. The Kier molecular flexibility index (Phi) is 4.56. The average molecular weight is 238 g/mol. The molecule has 1 heterocycles. The molecule has 2 unspecified atom stereocenters. The molecule has 2 heteroatoms. The number of hydrogen-bond donors (Lipinski definition) is 1. The highest BCUT2D eigenvalue weighted by Crippen LogP contribution is 2.38. The van der Waals surface area contributed by atoms with Gasteiger partial charge >= 0.3 is 0 Å². The van der Waals surface area contributed by atoms with Gasteiger partial charge in [-0.05, 0) is 53.4 Å². The number of epoxide rings is 1. The Morgan fingerprint density at radius 2 is 2.12 bits per heavy atom. The Bertz CT molecular complexity index is 300.